The molecule has 1 aliphatic rings. The van der Waals surface area contributed by atoms with E-state index in [0.717, 1.165) is 5.56 Å². The first kappa shape index (κ1) is 30.7. The molecule has 0 amide bonds. The van der Waals surface area contributed by atoms with Crippen molar-refractivity contribution < 1.29 is 42.6 Å². The van der Waals surface area contributed by atoms with Crippen molar-refractivity contribution in [3.05, 3.63) is 122 Å². The minimum absolute atomic E-state index is 0.0145. The molecule has 3 aromatic rings. The van der Waals surface area contributed by atoms with Crippen LogP contribution in [0.25, 0.3) is 0 Å². The highest BCUT2D eigenvalue weighted by molar-refractivity contribution is 7.49. The second kappa shape index (κ2) is 15.1. The first-order valence-electron chi connectivity index (χ1n) is 13.2. The highest BCUT2D eigenvalue weighted by Crippen LogP contribution is 2.52. The average molecular weight is 583 g/mol. The molecule has 4 rings (SSSR count). The summed E-state index contributed by atoms with van der Waals surface area (Å²) in [7, 11) is -4.49. The van der Waals surface area contributed by atoms with Crippen LogP contribution in [0.4, 0.5) is 0 Å². The van der Waals surface area contributed by atoms with Crippen LogP contribution in [0.15, 0.2) is 116 Å². The molecule has 0 saturated heterocycles. The Hall–Kier alpha value is -3.27. The fourth-order valence-corrected chi connectivity index (χ4v) is 5.83. The van der Waals surface area contributed by atoms with Gasteiger partial charge in [-0.15, -0.1) is 13.2 Å². The molecule has 0 aliphatic heterocycles. The van der Waals surface area contributed by atoms with Gasteiger partial charge >= 0.3 is 7.82 Å². The average Bonchev–Trinajstić information content (AvgIpc) is 2.98. The summed E-state index contributed by atoms with van der Waals surface area (Å²) < 4.78 is 49.9. The van der Waals surface area contributed by atoms with Crippen LogP contribution >= 0.6 is 7.82 Å². The Kier molecular flexibility index (Phi) is 11.3. The molecule has 0 radical (unpaired) electrons. The van der Waals surface area contributed by atoms with Crippen molar-refractivity contribution in [1.29, 1.82) is 0 Å². The van der Waals surface area contributed by atoms with Crippen molar-refractivity contribution in [3.63, 3.8) is 0 Å². The standard InChI is InChI=1S/C31H35O9P/c1-3-20-35-28-26(32)29(36-21-4-2)31(30(27(28)33)37-22-23-14-8-5-9-15-23)40-41(34,38-24-16-10-6-11-17-24)39-25-18-12-7-13-19-25/h3-19,26-33H,1-2,20-22H2/t26-,27+,28-,29+,30+,31-/m1/s1. The normalized spacial score (nSPS) is 24.3. The Morgan fingerprint density at radius 2 is 1.07 bits per heavy atom. The summed E-state index contributed by atoms with van der Waals surface area (Å²) in [5.74, 6) is 0.447. The molecule has 1 fully saturated rings. The topological polar surface area (TPSA) is 113 Å². The van der Waals surface area contributed by atoms with E-state index in [2.05, 4.69) is 13.2 Å². The second-order valence-electron chi connectivity index (χ2n) is 9.24. The number of hydrogen-bond donors (Lipinski definition) is 2. The van der Waals surface area contributed by atoms with E-state index >= 15 is 0 Å². The Labute approximate surface area is 240 Å². The van der Waals surface area contributed by atoms with Gasteiger partial charge in [0.05, 0.1) is 19.8 Å². The third-order valence-corrected chi connectivity index (χ3v) is 7.63. The van der Waals surface area contributed by atoms with Gasteiger partial charge in [0, 0.05) is 0 Å². The van der Waals surface area contributed by atoms with Crippen molar-refractivity contribution in [1.82, 2.24) is 0 Å². The molecule has 0 heterocycles. The van der Waals surface area contributed by atoms with E-state index in [1.54, 1.807) is 60.7 Å². The molecule has 1 aliphatic carbocycles. The van der Waals surface area contributed by atoms with Gasteiger partial charge in [-0.05, 0) is 29.8 Å². The van der Waals surface area contributed by atoms with Crippen molar-refractivity contribution in [2.45, 2.75) is 43.2 Å². The lowest BCUT2D eigenvalue weighted by molar-refractivity contribution is -0.250. The summed E-state index contributed by atoms with van der Waals surface area (Å²) in [6.45, 7) is 7.47. The smallest absolute Gasteiger partial charge is 0.395 e. The Bertz CT molecular complexity index is 1210. The molecular formula is C31H35O9P. The van der Waals surface area contributed by atoms with Crippen LogP contribution < -0.4 is 9.05 Å². The quantitative estimate of drug-likeness (QED) is 0.187. The molecule has 3 aromatic carbocycles. The highest BCUT2D eigenvalue weighted by Gasteiger charge is 2.55. The van der Waals surface area contributed by atoms with Gasteiger partial charge in [0.1, 0.15) is 48.1 Å². The first-order valence-corrected chi connectivity index (χ1v) is 14.6. The Balaban J connectivity index is 1.72. The predicted molar refractivity (Wildman–Crippen MR) is 154 cm³/mol. The van der Waals surface area contributed by atoms with E-state index in [1.807, 2.05) is 30.3 Å². The maximum absolute atomic E-state index is 14.3. The first-order chi connectivity index (χ1) is 19.9. The Morgan fingerprint density at radius 3 is 1.56 bits per heavy atom. The van der Waals surface area contributed by atoms with Gasteiger partial charge in [-0.3, -0.25) is 4.52 Å². The van der Waals surface area contributed by atoms with E-state index < -0.39 is 44.4 Å². The summed E-state index contributed by atoms with van der Waals surface area (Å²) >= 11 is 0. The van der Waals surface area contributed by atoms with Crippen molar-refractivity contribution in [3.8, 4) is 11.5 Å². The fourth-order valence-electron chi connectivity index (χ4n) is 4.41. The lowest BCUT2D eigenvalue weighted by Gasteiger charge is -2.46. The van der Waals surface area contributed by atoms with Crippen molar-refractivity contribution >= 4 is 7.82 Å². The van der Waals surface area contributed by atoms with Crippen LogP contribution in [0.1, 0.15) is 5.56 Å². The fraction of sp³-hybridized carbons (Fsp3) is 0.290. The molecule has 218 valence electrons. The zero-order valence-corrected chi connectivity index (χ0v) is 23.4. The molecule has 0 aromatic heterocycles. The van der Waals surface area contributed by atoms with Gasteiger partial charge < -0.3 is 33.5 Å². The molecule has 1 saturated carbocycles. The summed E-state index contributed by atoms with van der Waals surface area (Å²) in [4.78, 5) is 0. The van der Waals surface area contributed by atoms with Crippen LogP contribution in [0.3, 0.4) is 0 Å². The number of phosphoric ester groups is 1. The monoisotopic (exact) mass is 582 g/mol. The summed E-state index contributed by atoms with van der Waals surface area (Å²) in [6, 6.07) is 26.1. The van der Waals surface area contributed by atoms with Crippen molar-refractivity contribution in [2.24, 2.45) is 0 Å². The van der Waals surface area contributed by atoms with E-state index in [1.165, 1.54) is 12.2 Å². The summed E-state index contributed by atoms with van der Waals surface area (Å²) in [6.07, 6.45) is -4.66. The van der Waals surface area contributed by atoms with E-state index in [-0.39, 0.29) is 31.3 Å². The van der Waals surface area contributed by atoms with Crippen LogP contribution in [0.5, 0.6) is 11.5 Å². The highest BCUT2D eigenvalue weighted by atomic mass is 31.2. The molecule has 6 atom stereocenters. The van der Waals surface area contributed by atoms with E-state index in [9.17, 15) is 14.8 Å². The molecule has 2 N–H and O–H groups in total. The molecule has 10 heteroatoms. The van der Waals surface area contributed by atoms with Crippen LogP contribution in [-0.2, 0) is 29.9 Å². The number of rotatable bonds is 15. The van der Waals surface area contributed by atoms with Crippen LogP contribution in [0.2, 0.25) is 0 Å². The maximum Gasteiger partial charge on any atom is 0.588 e. The summed E-state index contributed by atoms with van der Waals surface area (Å²) in [5, 5.41) is 22.7. The SMILES string of the molecule is C=CCO[C@@H]1[C@@H](O)[C@H](OCC=C)[C@@H](OP(=O)(Oc2ccccc2)Oc2ccccc2)[C@@H](OCc2ccccc2)[C@H]1O. The molecule has 9 nitrogen and oxygen atoms in total. The van der Waals surface area contributed by atoms with Gasteiger partial charge in [-0.25, -0.2) is 4.57 Å². The zero-order chi connectivity index (χ0) is 29.1. The molecular weight excluding hydrogens is 547 g/mol. The Morgan fingerprint density at radius 1 is 0.634 bits per heavy atom. The predicted octanol–water partition coefficient (Wildman–Crippen LogP) is 5.10. The number of phosphoric acid groups is 1. The maximum atomic E-state index is 14.3. The zero-order valence-electron chi connectivity index (χ0n) is 22.5. The molecule has 0 spiro atoms. The number of aliphatic hydroxyl groups is 2. The largest absolute Gasteiger partial charge is 0.588 e. The molecule has 41 heavy (non-hydrogen) atoms. The lowest BCUT2D eigenvalue weighted by Crippen LogP contribution is -2.66. The summed E-state index contributed by atoms with van der Waals surface area (Å²) in [5.41, 5.74) is 0.820. The van der Waals surface area contributed by atoms with E-state index in [0.29, 0.717) is 0 Å². The second-order valence-corrected chi connectivity index (χ2v) is 10.7. The molecule has 0 unspecified atom stereocenters. The van der Waals surface area contributed by atoms with Gasteiger partial charge in [0.2, 0.25) is 0 Å². The lowest BCUT2D eigenvalue weighted by atomic mass is 9.84. The number of aliphatic hydroxyl groups excluding tert-OH is 2. The number of hydrogen-bond acceptors (Lipinski definition) is 9. The van der Waals surface area contributed by atoms with Crippen LogP contribution in [-0.4, -0.2) is 60.1 Å². The van der Waals surface area contributed by atoms with Gasteiger partial charge in [-0.1, -0.05) is 78.9 Å². The minimum Gasteiger partial charge on any atom is -0.395 e. The van der Waals surface area contributed by atoms with Crippen LogP contribution in [0, 0.1) is 0 Å². The van der Waals surface area contributed by atoms with Gasteiger partial charge in [-0.2, -0.15) is 0 Å². The number of benzene rings is 3. The third kappa shape index (κ3) is 8.38. The third-order valence-electron chi connectivity index (χ3n) is 6.26. The number of para-hydroxylation sites is 2. The van der Waals surface area contributed by atoms with Gasteiger partial charge in [0.25, 0.3) is 0 Å². The number of ether oxygens (including phenoxy) is 3. The molecule has 0 bridgehead atoms. The van der Waals surface area contributed by atoms with E-state index in [4.69, 9.17) is 27.8 Å². The van der Waals surface area contributed by atoms with Crippen molar-refractivity contribution in [2.75, 3.05) is 13.2 Å². The van der Waals surface area contributed by atoms with Gasteiger partial charge in [0.15, 0.2) is 0 Å². The minimum atomic E-state index is -4.49.